The van der Waals surface area contributed by atoms with Crippen LogP contribution < -0.4 is 0 Å². The summed E-state index contributed by atoms with van der Waals surface area (Å²) >= 11 is 0. The first-order valence-corrected chi connectivity index (χ1v) is 5.88. The van der Waals surface area contributed by atoms with Crippen LogP contribution in [0.2, 0.25) is 0 Å². The number of ether oxygens (including phenoxy) is 1. The number of carbonyl (C=O) groups excluding carboxylic acids is 1. The van der Waals surface area contributed by atoms with Crippen molar-refractivity contribution in [3.05, 3.63) is 0 Å². The average Bonchev–Trinajstić information content (AvgIpc) is 2.19. The first-order valence-electron chi connectivity index (χ1n) is 5.88. The highest BCUT2D eigenvalue weighted by molar-refractivity contribution is 5.68. The van der Waals surface area contributed by atoms with Crippen LogP contribution >= 0.6 is 0 Å². The van der Waals surface area contributed by atoms with Gasteiger partial charge in [-0.1, -0.05) is 0 Å². The van der Waals surface area contributed by atoms with Crippen molar-refractivity contribution in [1.82, 2.24) is 9.80 Å². The van der Waals surface area contributed by atoms with Crippen molar-refractivity contribution >= 4 is 6.09 Å². The number of amides is 1. The second-order valence-electron chi connectivity index (χ2n) is 5.42. The number of hydrogen-bond acceptors (Lipinski definition) is 4. The van der Waals surface area contributed by atoms with Crippen molar-refractivity contribution in [2.75, 3.05) is 26.7 Å². The molecule has 1 amide bonds. The van der Waals surface area contributed by atoms with Crippen LogP contribution in [0.15, 0.2) is 0 Å². The molecule has 0 radical (unpaired) electrons. The standard InChI is InChI=1S/C12H21N3O2/c1-12(2,3)17-11(16)15-8-7-14(4)10(9-15)5-6-13/h10H,5,7-9H2,1-4H3. The summed E-state index contributed by atoms with van der Waals surface area (Å²) in [5.41, 5.74) is -0.467. The van der Waals surface area contributed by atoms with Crippen LogP contribution in [0.1, 0.15) is 27.2 Å². The smallest absolute Gasteiger partial charge is 0.410 e. The van der Waals surface area contributed by atoms with Gasteiger partial charge in [0.15, 0.2) is 0 Å². The van der Waals surface area contributed by atoms with Gasteiger partial charge in [-0.15, -0.1) is 0 Å². The summed E-state index contributed by atoms with van der Waals surface area (Å²) in [6.45, 7) is 7.58. The third-order valence-electron chi connectivity index (χ3n) is 2.76. The van der Waals surface area contributed by atoms with Crippen molar-refractivity contribution in [1.29, 1.82) is 5.26 Å². The van der Waals surface area contributed by atoms with E-state index in [0.717, 1.165) is 6.54 Å². The molecule has 1 atom stereocenters. The maximum absolute atomic E-state index is 11.9. The van der Waals surface area contributed by atoms with Crippen molar-refractivity contribution < 1.29 is 9.53 Å². The molecule has 0 aliphatic carbocycles. The molecule has 1 rings (SSSR count). The molecule has 1 fully saturated rings. The third kappa shape index (κ3) is 4.23. The highest BCUT2D eigenvalue weighted by Crippen LogP contribution is 2.15. The van der Waals surface area contributed by atoms with Gasteiger partial charge in [-0.25, -0.2) is 4.79 Å². The normalized spacial score (nSPS) is 22.1. The highest BCUT2D eigenvalue weighted by atomic mass is 16.6. The number of hydrogen-bond donors (Lipinski definition) is 0. The molecular formula is C12H21N3O2. The van der Waals surface area contributed by atoms with Gasteiger partial charge in [0.05, 0.1) is 12.5 Å². The van der Waals surface area contributed by atoms with Gasteiger partial charge in [-0.05, 0) is 27.8 Å². The Morgan fingerprint density at radius 2 is 2.12 bits per heavy atom. The minimum Gasteiger partial charge on any atom is -0.444 e. The summed E-state index contributed by atoms with van der Waals surface area (Å²) in [7, 11) is 1.98. The van der Waals surface area contributed by atoms with E-state index in [2.05, 4.69) is 11.0 Å². The lowest BCUT2D eigenvalue weighted by Crippen LogP contribution is -2.53. The fourth-order valence-corrected chi connectivity index (χ4v) is 1.76. The van der Waals surface area contributed by atoms with Gasteiger partial charge < -0.3 is 9.64 Å². The van der Waals surface area contributed by atoms with E-state index < -0.39 is 5.60 Å². The Bertz CT molecular complexity index is 317. The second kappa shape index (κ2) is 5.37. The third-order valence-corrected chi connectivity index (χ3v) is 2.76. The van der Waals surface area contributed by atoms with Crippen LogP contribution in [0, 0.1) is 11.3 Å². The second-order valence-corrected chi connectivity index (χ2v) is 5.42. The number of carbonyl (C=O) groups is 1. The van der Waals surface area contributed by atoms with Gasteiger partial charge in [-0.3, -0.25) is 4.90 Å². The van der Waals surface area contributed by atoms with Gasteiger partial charge in [0.25, 0.3) is 0 Å². The minimum absolute atomic E-state index is 0.112. The Morgan fingerprint density at radius 3 is 2.65 bits per heavy atom. The van der Waals surface area contributed by atoms with E-state index >= 15 is 0 Å². The monoisotopic (exact) mass is 239 g/mol. The predicted octanol–water partition coefficient (Wildman–Crippen LogP) is 1.45. The summed E-state index contributed by atoms with van der Waals surface area (Å²) in [6, 6.07) is 2.27. The summed E-state index contributed by atoms with van der Waals surface area (Å²) < 4.78 is 5.32. The number of piperazine rings is 1. The summed E-state index contributed by atoms with van der Waals surface area (Å²) in [5, 5.41) is 8.74. The molecule has 1 heterocycles. The molecule has 1 unspecified atom stereocenters. The van der Waals surface area contributed by atoms with Crippen LogP contribution in [0.25, 0.3) is 0 Å². The molecule has 5 nitrogen and oxygen atoms in total. The van der Waals surface area contributed by atoms with Gasteiger partial charge in [0.1, 0.15) is 5.60 Å². The number of likely N-dealkylation sites (N-methyl/N-ethyl adjacent to an activating group) is 1. The highest BCUT2D eigenvalue weighted by Gasteiger charge is 2.29. The quantitative estimate of drug-likeness (QED) is 0.695. The molecule has 0 aromatic heterocycles. The average molecular weight is 239 g/mol. The number of rotatable bonds is 1. The molecule has 17 heavy (non-hydrogen) atoms. The van der Waals surface area contributed by atoms with Gasteiger partial charge >= 0.3 is 6.09 Å². The predicted molar refractivity (Wildman–Crippen MR) is 64.5 cm³/mol. The largest absolute Gasteiger partial charge is 0.444 e. The maximum Gasteiger partial charge on any atom is 0.410 e. The number of nitriles is 1. The zero-order valence-corrected chi connectivity index (χ0v) is 11.1. The summed E-state index contributed by atoms with van der Waals surface area (Å²) in [4.78, 5) is 15.7. The van der Waals surface area contributed by atoms with E-state index in [1.807, 2.05) is 27.8 Å². The van der Waals surface area contributed by atoms with Crippen LogP contribution in [0.4, 0.5) is 4.79 Å². The molecule has 0 aromatic rings. The molecule has 0 aromatic carbocycles. The number of nitrogens with zero attached hydrogens (tertiary/aromatic N) is 3. The van der Waals surface area contributed by atoms with Crippen LogP contribution in [-0.2, 0) is 4.74 Å². The van der Waals surface area contributed by atoms with E-state index in [9.17, 15) is 4.79 Å². The van der Waals surface area contributed by atoms with Gasteiger partial charge in [-0.2, -0.15) is 5.26 Å². The maximum atomic E-state index is 11.9. The first-order chi connectivity index (χ1) is 7.83. The zero-order chi connectivity index (χ0) is 13.1. The Kier molecular flexibility index (Phi) is 4.35. The molecule has 0 spiro atoms. The van der Waals surface area contributed by atoms with Crippen molar-refractivity contribution in [3.8, 4) is 6.07 Å². The van der Waals surface area contributed by atoms with Crippen molar-refractivity contribution in [3.63, 3.8) is 0 Å². The van der Waals surface area contributed by atoms with Crippen molar-refractivity contribution in [2.24, 2.45) is 0 Å². The Balaban J connectivity index is 2.56. The zero-order valence-electron chi connectivity index (χ0n) is 11.1. The molecule has 0 bridgehead atoms. The Morgan fingerprint density at radius 1 is 1.47 bits per heavy atom. The molecule has 1 aliphatic heterocycles. The fraction of sp³-hybridized carbons (Fsp3) is 0.833. The summed E-state index contributed by atoms with van der Waals surface area (Å²) in [6.07, 6.45) is 0.157. The van der Waals surface area contributed by atoms with E-state index in [-0.39, 0.29) is 12.1 Å². The Hall–Kier alpha value is -1.28. The van der Waals surface area contributed by atoms with Crippen molar-refractivity contribution in [2.45, 2.75) is 38.8 Å². The van der Waals surface area contributed by atoms with Gasteiger partial charge in [0.2, 0.25) is 0 Å². The van der Waals surface area contributed by atoms with E-state index in [1.165, 1.54) is 0 Å². The SMILES string of the molecule is CN1CCN(C(=O)OC(C)(C)C)CC1CC#N. The van der Waals surface area contributed by atoms with Gasteiger partial charge in [0, 0.05) is 25.7 Å². The van der Waals surface area contributed by atoms with Crippen LogP contribution in [0.3, 0.4) is 0 Å². The molecule has 0 saturated carbocycles. The van der Waals surface area contributed by atoms with E-state index in [1.54, 1.807) is 4.90 Å². The topological polar surface area (TPSA) is 56.6 Å². The fourth-order valence-electron chi connectivity index (χ4n) is 1.76. The lowest BCUT2D eigenvalue weighted by atomic mass is 10.1. The molecule has 1 saturated heterocycles. The molecule has 5 heteroatoms. The molecule has 0 N–H and O–H groups in total. The lowest BCUT2D eigenvalue weighted by Gasteiger charge is -2.38. The molecule has 96 valence electrons. The van der Waals surface area contributed by atoms with E-state index in [0.29, 0.717) is 19.5 Å². The summed E-state index contributed by atoms with van der Waals surface area (Å²) in [5.74, 6) is 0. The first kappa shape index (κ1) is 13.8. The molecular weight excluding hydrogens is 218 g/mol. The Labute approximate surface area is 103 Å². The molecule has 1 aliphatic rings. The van der Waals surface area contributed by atoms with E-state index in [4.69, 9.17) is 10.00 Å². The van der Waals surface area contributed by atoms with Crippen LogP contribution in [0.5, 0.6) is 0 Å². The van der Waals surface area contributed by atoms with Crippen LogP contribution in [-0.4, -0.2) is 54.2 Å². The minimum atomic E-state index is -0.467. The lowest BCUT2D eigenvalue weighted by molar-refractivity contribution is 0.00804.